The number of aromatic nitrogens is 2. The molecule has 0 aliphatic carbocycles. The molecule has 1 fully saturated rings. The number of hydrazine groups is 1. The van der Waals surface area contributed by atoms with Crippen LogP contribution < -0.4 is 11.2 Å². The number of aromatic amines is 1. The number of benzene rings is 1. The Morgan fingerprint density at radius 1 is 1.32 bits per heavy atom. The van der Waals surface area contributed by atoms with Gasteiger partial charge in [-0.05, 0) is 5.56 Å². The van der Waals surface area contributed by atoms with E-state index in [1.807, 2.05) is 41.4 Å². The Balaban J connectivity index is 1.85. The highest BCUT2D eigenvalue weighted by molar-refractivity contribution is 5.55. The van der Waals surface area contributed by atoms with Crippen molar-refractivity contribution in [2.75, 3.05) is 18.8 Å². The number of nitriles is 2. The largest absolute Gasteiger partial charge is 0.381 e. The molecule has 0 saturated carbocycles. The fourth-order valence-electron chi connectivity index (χ4n) is 2.71. The summed E-state index contributed by atoms with van der Waals surface area (Å²) in [7, 11) is 0. The number of H-pyrrole nitrogens is 1. The fraction of sp³-hybridized carbons (Fsp3) is 0.267. The smallest absolute Gasteiger partial charge is 0.163 e. The SMILES string of the molecule is N#Cc1c(N)n[nH]c1C1(C#N)CNN(Cc2ccccc2)C1. The predicted molar refractivity (Wildman–Crippen MR) is 79.9 cm³/mol. The van der Waals surface area contributed by atoms with Gasteiger partial charge in [0.2, 0.25) is 0 Å². The number of anilines is 1. The second kappa shape index (κ2) is 5.49. The minimum absolute atomic E-state index is 0.133. The summed E-state index contributed by atoms with van der Waals surface area (Å²) in [5, 5.41) is 27.5. The Hall–Kier alpha value is -2.87. The molecule has 0 spiro atoms. The topological polar surface area (TPSA) is 118 Å². The Labute approximate surface area is 127 Å². The molecule has 1 atom stereocenters. The van der Waals surface area contributed by atoms with E-state index in [1.54, 1.807) is 0 Å². The maximum atomic E-state index is 9.67. The molecule has 7 heteroatoms. The first-order chi connectivity index (χ1) is 10.7. The maximum Gasteiger partial charge on any atom is 0.163 e. The second-order valence-corrected chi connectivity index (χ2v) is 5.34. The van der Waals surface area contributed by atoms with E-state index in [0.717, 1.165) is 5.56 Å². The highest BCUT2D eigenvalue weighted by Gasteiger charge is 2.43. The highest BCUT2D eigenvalue weighted by atomic mass is 15.5. The fourth-order valence-corrected chi connectivity index (χ4v) is 2.71. The van der Waals surface area contributed by atoms with Crippen LogP contribution in [-0.2, 0) is 12.0 Å². The van der Waals surface area contributed by atoms with E-state index in [0.29, 0.717) is 25.3 Å². The van der Waals surface area contributed by atoms with Gasteiger partial charge in [-0.1, -0.05) is 30.3 Å². The van der Waals surface area contributed by atoms with Gasteiger partial charge in [-0.25, -0.2) is 5.01 Å². The molecular weight excluding hydrogens is 278 g/mol. The van der Waals surface area contributed by atoms with Crippen LogP contribution >= 0.6 is 0 Å². The van der Waals surface area contributed by atoms with Gasteiger partial charge in [0.15, 0.2) is 5.82 Å². The molecule has 110 valence electrons. The van der Waals surface area contributed by atoms with Gasteiger partial charge in [-0.15, -0.1) is 0 Å². The lowest BCUT2D eigenvalue weighted by Gasteiger charge is -2.19. The van der Waals surface area contributed by atoms with Crippen molar-refractivity contribution < 1.29 is 0 Å². The lowest BCUT2D eigenvalue weighted by Crippen LogP contribution is -2.32. The van der Waals surface area contributed by atoms with E-state index in [1.165, 1.54) is 0 Å². The summed E-state index contributed by atoms with van der Waals surface area (Å²) >= 11 is 0. The van der Waals surface area contributed by atoms with Crippen LogP contribution in [0, 0.1) is 22.7 Å². The summed E-state index contributed by atoms with van der Waals surface area (Å²) in [5.41, 5.74) is 9.93. The molecule has 1 aromatic heterocycles. The van der Waals surface area contributed by atoms with Crippen molar-refractivity contribution in [2.24, 2.45) is 0 Å². The maximum absolute atomic E-state index is 9.67. The lowest BCUT2D eigenvalue weighted by atomic mass is 9.85. The summed E-state index contributed by atoms with van der Waals surface area (Å²) in [6.45, 7) is 1.54. The van der Waals surface area contributed by atoms with Crippen LogP contribution in [0.15, 0.2) is 30.3 Å². The van der Waals surface area contributed by atoms with Gasteiger partial charge in [0.05, 0.1) is 11.8 Å². The van der Waals surface area contributed by atoms with Gasteiger partial charge in [0.1, 0.15) is 17.0 Å². The molecule has 2 heterocycles. The number of hydrogen-bond acceptors (Lipinski definition) is 6. The third-order valence-corrected chi connectivity index (χ3v) is 3.88. The van der Waals surface area contributed by atoms with Crippen molar-refractivity contribution in [3.63, 3.8) is 0 Å². The lowest BCUT2D eigenvalue weighted by molar-refractivity contribution is 0.239. The van der Waals surface area contributed by atoms with Crippen LogP contribution in [0.3, 0.4) is 0 Å². The van der Waals surface area contributed by atoms with Crippen molar-refractivity contribution in [3.05, 3.63) is 47.2 Å². The number of hydrogen-bond donors (Lipinski definition) is 3. The van der Waals surface area contributed by atoms with Crippen LogP contribution in [0.1, 0.15) is 16.8 Å². The summed E-state index contributed by atoms with van der Waals surface area (Å²) in [5.74, 6) is 0.133. The molecule has 3 rings (SSSR count). The Kier molecular flexibility index (Phi) is 3.51. The van der Waals surface area contributed by atoms with Crippen LogP contribution in [0.5, 0.6) is 0 Å². The molecule has 1 aliphatic heterocycles. The van der Waals surface area contributed by atoms with Gasteiger partial charge in [0.25, 0.3) is 0 Å². The summed E-state index contributed by atoms with van der Waals surface area (Å²) < 4.78 is 0. The molecule has 7 nitrogen and oxygen atoms in total. The second-order valence-electron chi connectivity index (χ2n) is 5.34. The predicted octanol–water partition coefficient (Wildman–Crippen LogP) is 0.645. The summed E-state index contributed by atoms with van der Waals surface area (Å²) in [6, 6.07) is 14.3. The summed E-state index contributed by atoms with van der Waals surface area (Å²) in [6.07, 6.45) is 0. The molecule has 1 unspecified atom stereocenters. The molecule has 1 saturated heterocycles. The zero-order valence-corrected chi connectivity index (χ0v) is 11.9. The van der Waals surface area contributed by atoms with Crippen molar-refractivity contribution in [1.29, 1.82) is 10.5 Å². The van der Waals surface area contributed by atoms with E-state index in [4.69, 9.17) is 5.73 Å². The molecule has 1 aromatic carbocycles. The number of nitrogens with two attached hydrogens (primary N) is 1. The Morgan fingerprint density at radius 3 is 2.77 bits per heavy atom. The van der Waals surface area contributed by atoms with Crippen LogP contribution in [0.25, 0.3) is 0 Å². The molecule has 0 radical (unpaired) electrons. The minimum atomic E-state index is -0.857. The number of nitrogen functional groups attached to an aromatic ring is 1. The third-order valence-electron chi connectivity index (χ3n) is 3.88. The van der Waals surface area contributed by atoms with Gasteiger partial charge in [-0.2, -0.15) is 15.6 Å². The molecule has 1 aliphatic rings. The quantitative estimate of drug-likeness (QED) is 0.764. The normalized spacial score (nSPS) is 21.4. The molecular formula is C15H15N7. The monoisotopic (exact) mass is 293 g/mol. The van der Waals surface area contributed by atoms with E-state index >= 15 is 0 Å². The number of rotatable bonds is 3. The molecule has 2 aromatic rings. The first-order valence-electron chi connectivity index (χ1n) is 6.86. The van der Waals surface area contributed by atoms with E-state index in [2.05, 4.69) is 21.7 Å². The average molecular weight is 293 g/mol. The Morgan fingerprint density at radius 2 is 2.09 bits per heavy atom. The first-order valence-corrected chi connectivity index (χ1v) is 6.86. The molecule has 0 amide bonds. The van der Waals surface area contributed by atoms with E-state index in [9.17, 15) is 10.5 Å². The van der Waals surface area contributed by atoms with Crippen molar-refractivity contribution in [1.82, 2.24) is 20.6 Å². The van der Waals surface area contributed by atoms with E-state index in [-0.39, 0.29) is 11.4 Å². The zero-order chi connectivity index (χ0) is 15.6. The highest BCUT2D eigenvalue weighted by Crippen LogP contribution is 2.31. The number of nitrogens with zero attached hydrogens (tertiary/aromatic N) is 4. The van der Waals surface area contributed by atoms with Gasteiger partial charge < -0.3 is 5.73 Å². The molecule has 4 N–H and O–H groups in total. The average Bonchev–Trinajstić information content (AvgIpc) is 3.12. The van der Waals surface area contributed by atoms with Crippen molar-refractivity contribution >= 4 is 5.82 Å². The summed E-state index contributed by atoms with van der Waals surface area (Å²) in [4.78, 5) is 0. The van der Waals surface area contributed by atoms with Crippen molar-refractivity contribution in [2.45, 2.75) is 12.0 Å². The van der Waals surface area contributed by atoms with Crippen molar-refractivity contribution in [3.8, 4) is 12.1 Å². The zero-order valence-electron chi connectivity index (χ0n) is 11.9. The van der Waals surface area contributed by atoms with Gasteiger partial charge >= 0.3 is 0 Å². The van der Waals surface area contributed by atoms with Gasteiger partial charge in [-0.3, -0.25) is 10.5 Å². The minimum Gasteiger partial charge on any atom is -0.381 e. The Bertz CT molecular complexity index is 752. The van der Waals surface area contributed by atoms with Crippen LogP contribution in [0.4, 0.5) is 5.82 Å². The van der Waals surface area contributed by atoms with Crippen LogP contribution in [-0.4, -0.2) is 28.3 Å². The third kappa shape index (κ3) is 2.29. The van der Waals surface area contributed by atoms with Crippen LogP contribution in [0.2, 0.25) is 0 Å². The van der Waals surface area contributed by atoms with E-state index < -0.39 is 5.41 Å². The van der Waals surface area contributed by atoms with Gasteiger partial charge in [0, 0.05) is 19.6 Å². The first kappa shape index (κ1) is 14.1. The molecule has 22 heavy (non-hydrogen) atoms. The standard InChI is InChI=1S/C15H15N7/c16-6-12-13(20-21-14(12)18)15(8-17)9-19-22(10-15)7-11-4-2-1-3-5-11/h1-5,19H,7,9-10H2,(H3,18,20,21). The molecule has 0 bridgehead atoms. The number of nitrogens with one attached hydrogen (secondary N) is 2.